The molecule has 0 unspecified atom stereocenters. The van der Waals surface area contributed by atoms with E-state index < -0.39 is 64.2 Å². The van der Waals surface area contributed by atoms with Gasteiger partial charge in [0, 0.05) is 16.1 Å². The number of rotatable bonds is 12. The second-order valence-corrected chi connectivity index (χ2v) is 12.1. The molecule has 0 heterocycles. The first-order valence-corrected chi connectivity index (χ1v) is 16.4. The summed E-state index contributed by atoms with van der Waals surface area (Å²) in [4.78, 5) is 39.1. The molecule has 272 valence electrons. The summed E-state index contributed by atoms with van der Waals surface area (Å²) in [7, 11) is 0. The molecule has 3 N–H and O–H groups in total. The minimum Gasteiger partial charge on any atom is -0.489 e. The molecule has 3 amide bonds. The Hall–Kier alpha value is -6.09. The zero-order valence-corrected chi connectivity index (χ0v) is 27.9. The number of nitrogens with one attached hydrogen (secondary N) is 3. The van der Waals surface area contributed by atoms with Crippen molar-refractivity contribution in [1.82, 2.24) is 5.32 Å². The van der Waals surface area contributed by atoms with Crippen LogP contribution in [0.5, 0.6) is 5.75 Å². The van der Waals surface area contributed by atoms with Gasteiger partial charge in [-0.05, 0) is 65.7 Å². The third-order valence-corrected chi connectivity index (χ3v) is 8.27. The van der Waals surface area contributed by atoms with Gasteiger partial charge < -0.3 is 20.7 Å². The molecule has 0 bridgehead atoms. The van der Waals surface area contributed by atoms with E-state index in [1.54, 1.807) is 59.9 Å². The Balaban J connectivity index is 1.24. The maximum atomic E-state index is 14.2. The summed E-state index contributed by atoms with van der Waals surface area (Å²) in [6.45, 7) is 0.354. The maximum Gasteiger partial charge on any atom is 0.422 e. The molecule has 5 rings (SSSR count). The Morgan fingerprint density at radius 1 is 0.698 bits per heavy atom. The van der Waals surface area contributed by atoms with Gasteiger partial charge in [0.25, 0.3) is 11.8 Å². The van der Waals surface area contributed by atoms with Gasteiger partial charge in [0.05, 0.1) is 5.75 Å². The Labute approximate surface area is 301 Å². The molecule has 0 aliphatic heterocycles. The van der Waals surface area contributed by atoms with E-state index in [1.807, 2.05) is 30.3 Å². The average Bonchev–Trinajstić information content (AvgIpc) is 3.15. The van der Waals surface area contributed by atoms with Crippen LogP contribution in [0.25, 0.3) is 6.08 Å². The average molecular weight is 754 g/mol. The van der Waals surface area contributed by atoms with Gasteiger partial charge in [-0.2, -0.15) is 13.2 Å². The molecule has 0 atom stereocenters. The van der Waals surface area contributed by atoms with Crippen LogP contribution in [0.3, 0.4) is 0 Å². The van der Waals surface area contributed by atoms with Crippen molar-refractivity contribution in [3.8, 4) is 5.75 Å². The number of thioether (sulfide) groups is 1. The summed E-state index contributed by atoms with van der Waals surface area (Å²) in [6, 6.07) is 30.5. The van der Waals surface area contributed by atoms with Gasteiger partial charge >= 0.3 is 6.18 Å². The number of amides is 3. The van der Waals surface area contributed by atoms with Crippen LogP contribution < -0.4 is 20.7 Å². The molecule has 0 saturated carbocycles. The van der Waals surface area contributed by atoms with Crippen LogP contribution in [0.2, 0.25) is 0 Å². The first-order chi connectivity index (χ1) is 25.3. The van der Waals surface area contributed by atoms with E-state index >= 15 is 0 Å². The van der Waals surface area contributed by atoms with E-state index in [4.69, 9.17) is 4.74 Å². The fourth-order valence-electron chi connectivity index (χ4n) is 4.66. The SMILES string of the molecule is O=C(CSc1ccc(NC(=O)/C(=C/c2ccc(OCc3ccccc3)cc2)NC(=O)c2ccccc2)cc1)Nc1c(F)c(F)c(C(F)(F)F)c(F)c1F. The van der Waals surface area contributed by atoms with Crippen LogP contribution in [0, 0.1) is 23.3 Å². The fraction of sp³-hybridized carbons (Fsp3) is 0.0789. The van der Waals surface area contributed by atoms with Gasteiger partial charge in [0.2, 0.25) is 5.91 Å². The molecular weight excluding hydrogens is 727 g/mol. The van der Waals surface area contributed by atoms with Gasteiger partial charge in [0.1, 0.15) is 29.3 Å². The van der Waals surface area contributed by atoms with Crippen molar-refractivity contribution >= 4 is 46.9 Å². The second-order valence-electron chi connectivity index (χ2n) is 11.0. The Morgan fingerprint density at radius 2 is 1.28 bits per heavy atom. The molecule has 0 aromatic heterocycles. The van der Waals surface area contributed by atoms with E-state index in [0.29, 0.717) is 28.4 Å². The van der Waals surface area contributed by atoms with Gasteiger partial charge in [-0.3, -0.25) is 14.4 Å². The van der Waals surface area contributed by atoms with E-state index in [1.165, 1.54) is 30.3 Å². The first-order valence-electron chi connectivity index (χ1n) is 15.4. The summed E-state index contributed by atoms with van der Waals surface area (Å²) in [6.07, 6.45) is -4.25. The van der Waals surface area contributed by atoms with Crippen LogP contribution in [0.15, 0.2) is 120 Å². The van der Waals surface area contributed by atoms with Crippen molar-refractivity contribution < 1.29 is 49.9 Å². The molecule has 0 saturated heterocycles. The standard InChI is InChI=1S/C38H26F7N3O4S/c39-31-30(38(43,44)45)32(40)34(42)35(33(31)41)48-29(49)21-53-27-17-13-25(14-18-27)46-37(51)28(47-36(50)24-9-5-2-6-10-24)19-22-11-15-26(16-12-22)52-20-23-7-3-1-4-8-23/h1-19H,20-21H2,(H,46,51)(H,47,50)(H,48,49)/b28-19-. The van der Waals surface area contributed by atoms with Crippen molar-refractivity contribution in [3.63, 3.8) is 0 Å². The lowest BCUT2D eigenvalue weighted by Crippen LogP contribution is -2.30. The lowest BCUT2D eigenvalue weighted by atomic mass is 10.1. The quantitative estimate of drug-likeness (QED) is 0.0512. The minimum absolute atomic E-state index is 0.0949. The molecule has 5 aromatic rings. The molecule has 0 aliphatic carbocycles. The van der Waals surface area contributed by atoms with Crippen LogP contribution >= 0.6 is 11.8 Å². The molecule has 0 aliphatic rings. The van der Waals surface area contributed by atoms with Crippen LogP contribution in [-0.2, 0) is 22.4 Å². The summed E-state index contributed by atoms with van der Waals surface area (Å²) in [5.74, 6) is -12.6. The third kappa shape index (κ3) is 10.0. The smallest absolute Gasteiger partial charge is 0.422 e. The van der Waals surface area contributed by atoms with Crippen LogP contribution in [0.1, 0.15) is 27.0 Å². The van der Waals surface area contributed by atoms with Crippen molar-refractivity contribution in [2.75, 3.05) is 16.4 Å². The number of anilines is 2. The number of carbonyl (C=O) groups is 3. The Bertz CT molecular complexity index is 2100. The third-order valence-electron chi connectivity index (χ3n) is 7.26. The molecular formula is C38H26F7N3O4S. The highest BCUT2D eigenvalue weighted by Gasteiger charge is 2.42. The monoisotopic (exact) mass is 753 g/mol. The van der Waals surface area contributed by atoms with Crippen molar-refractivity contribution in [2.45, 2.75) is 17.7 Å². The molecule has 53 heavy (non-hydrogen) atoms. The number of halogens is 7. The Morgan fingerprint density at radius 3 is 1.87 bits per heavy atom. The lowest BCUT2D eigenvalue weighted by molar-refractivity contribution is -0.143. The number of alkyl halides is 3. The molecule has 5 aromatic carbocycles. The van der Waals surface area contributed by atoms with Crippen LogP contribution in [-0.4, -0.2) is 23.5 Å². The molecule has 0 fully saturated rings. The molecule has 15 heteroatoms. The summed E-state index contributed by atoms with van der Waals surface area (Å²) in [5, 5.41) is 6.85. The van der Waals surface area contributed by atoms with E-state index in [0.717, 1.165) is 17.3 Å². The van der Waals surface area contributed by atoms with E-state index in [2.05, 4.69) is 10.6 Å². The highest BCUT2D eigenvalue weighted by atomic mass is 32.2. The highest BCUT2D eigenvalue weighted by molar-refractivity contribution is 8.00. The maximum absolute atomic E-state index is 14.2. The molecule has 0 radical (unpaired) electrons. The zero-order chi connectivity index (χ0) is 38.1. The van der Waals surface area contributed by atoms with Crippen molar-refractivity contribution in [2.24, 2.45) is 0 Å². The number of hydrogen-bond acceptors (Lipinski definition) is 5. The lowest BCUT2D eigenvalue weighted by Gasteiger charge is -2.14. The van der Waals surface area contributed by atoms with E-state index in [-0.39, 0.29) is 11.4 Å². The van der Waals surface area contributed by atoms with Crippen molar-refractivity contribution in [3.05, 3.63) is 160 Å². The molecule has 0 spiro atoms. The number of ether oxygens (including phenoxy) is 1. The van der Waals surface area contributed by atoms with Gasteiger partial charge in [-0.1, -0.05) is 60.7 Å². The number of carbonyl (C=O) groups excluding carboxylic acids is 3. The predicted molar refractivity (Wildman–Crippen MR) is 185 cm³/mol. The highest BCUT2D eigenvalue weighted by Crippen LogP contribution is 2.38. The minimum atomic E-state index is -5.72. The van der Waals surface area contributed by atoms with Gasteiger partial charge in [-0.25, -0.2) is 17.6 Å². The number of benzene rings is 5. The predicted octanol–water partition coefficient (Wildman–Crippen LogP) is 8.98. The first kappa shape index (κ1) is 38.1. The zero-order valence-electron chi connectivity index (χ0n) is 27.1. The van der Waals surface area contributed by atoms with Crippen LogP contribution in [0.4, 0.5) is 42.1 Å². The molecule has 7 nitrogen and oxygen atoms in total. The summed E-state index contributed by atoms with van der Waals surface area (Å²) >= 11 is 0.804. The van der Waals surface area contributed by atoms with Crippen molar-refractivity contribution in [1.29, 1.82) is 0 Å². The second kappa shape index (κ2) is 17.0. The fourth-order valence-corrected chi connectivity index (χ4v) is 5.36. The Kier molecular flexibility index (Phi) is 12.2. The van der Waals surface area contributed by atoms with Gasteiger partial charge in [0.15, 0.2) is 23.3 Å². The summed E-state index contributed by atoms with van der Waals surface area (Å²) < 4.78 is 100. The largest absolute Gasteiger partial charge is 0.489 e. The number of hydrogen-bond donors (Lipinski definition) is 3. The van der Waals surface area contributed by atoms with Gasteiger partial charge in [-0.15, -0.1) is 11.8 Å². The topological polar surface area (TPSA) is 96.5 Å². The normalized spacial score (nSPS) is 11.5. The summed E-state index contributed by atoms with van der Waals surface area (Å²) in [5.41, 5.74) is -2.42. The van der Waals surface area contributed by atoms with E-state index in [9.17, 15) is 45.1 Å².